The van der Waals surface area contributed by atoms with Gasteiger partial charge in [0.05, 0.1) is 0 Å². The Hall–Kier alpha value is -0.0400. The van der Waals surface area contributed by atoms with Crippen molar-refractivity contribution in [2.75, 3.05) is 27.3 Å². The lowest BCUT2D eigenvalue weighted by Crippen LogP contribution is -2.42. The number of rotatable bonds is 10. The first-order valence-electron chi connectivity index (χ1n) is 7.56. The molecule has 0 saturated carbocycles. The number of hydrogen-bond donors (Lipinski definition) is 2. The van der Waals surface area contributed by atoms with E-state index in [-0.39, 0.29) is 24.0 Å². The quantitative estimate of drug-likeness (QED) is 0.256. The van der Waals surface area contributed by atoms with E-state index in [0.717, 1.165) is 37.9 Å². The molecule has 0 aromatic carbocycles. The average Bonchev–Trinajstić information content (AvgIpc) is 2.39. The van der Waals surface area contributed by atoms with Crippen LogP contribution in [-0.4, -0.2) is 39.3 Å². The normalized spacial score (nSPS) is 13.0. The zero-order valence-electron chi connectivity index (χ0n) is 13.9. The van der Waals surface area contributed by atoms with Gasteiger partial charge >= 0.3 is 0 Å². The van der Waals surface area contributed by atoms with Crippen LogP contribution in [0.4, 0.5) is 0 Å². The van der Waals surface area contributed by atoms with Crippen LogP contribution < -0.4 is 10.6 Å². The third kappa shape index (κ3) is 14.4. The second-order valence-electron chi connectivity index (χ2n) is 5.57. The summed E-state index contributed by atoms with van der Waals surface area (Å²) in [5.74, 6) is 1.68. The van der Waals surface area contributed by atoms with Crippen LogP contribution in [0.25, 0.3) is 0 Å². The van der Waals surface area contributed by atoms with E-state index in [1.807, 2.05) is 7.05 Å². The number of methoxy groups -OCH3 is 1. The van der Waals surface area contributed by atoms with Gasteiger partial charge in [-0.25, -0.2) is 0 Å². The molecule has 0 spiro atoms. The minimum atomic E-state index is 0. The molecule has 0 fully saturated rings. The smallest absolute Gasteiger partial charge is 0.191 e. The molecule has 0 bridgehead atoms. The molecule has 1 unspecified atom stereocenters. The van der Waals surface area contributed by atoms with Crippen LogP contribution in [0.5, 0.6) is 0 Å². The average molecular weight is 399 g/mol. The van der Waals surface area contributed by atoms with Crippen LogP contribution in [0.2, 0.25) is 0 Å². The van der Waals surface area contributed by atoms with E-state index in [1.54, 1.807) is 7.11 Å². The zero-order valence-corrected chi connectivity index (χ0v) is 16.2. The van der Waals surface area contributed by atoms with Crippen LogP contribution in [0, 0.1) is 5.92 Å². The van der Waals surface area contributed by atoms with Crippen LogP contribution in [0.1, 0.15) is 52.9 Å². The Labute approximate surface area is 142 Å². The third-order valence-corrected chi connectivity index (χ3v) is 3.10. The van der Waals surface area contributed by atoms with Gasteiger partial charge in [-0.1, -0.05) is 13.8 Å². The molecule has 0 aliphatic carbocycles. The van der Waals surface area contributed by atoms with E-state index < -0.39 is 0 Å². The molecule has 20 heavy (non-hydrogen) atoms. The highest BCUT2D eigenvalue weighted by molar-refractivity contribution is 14.0. The summed E-state index contributed by atoms with van der Waals surface area (Å²) in [5.41, 5.74) is 0. The third-order valence-electron chi connectivity index (χ3n) is 3.10. The van der Waals surface area contributed by atoms with Gasteiger partial charge in [-0.3, -0.25) is 4.99 Å². The number of nitrogens with one attached hydrogen (secondary N) is 2. The predicted octanol–water partition coefficient (Wildman–Crippen LogP) is 3.41. The van der Waals surface area contributed by atoms with Gasteiger partial charge in [-0.15, -0.1) is 24.0 Å². The summed E-state index contributed by atoms with van der Waals surface area (Å²) in [7, 11) is 3.58. The van der Waals surface area contributed by atoms with Crippen molar-refractivity contribution >= 4 is 29.9 Å². The lowest BCUT2D eigenvalue weighted by atomic mass is 10.0. The standard InChI is InChI=1S/C15H33N3O.HI/c1-13(2)9-10-14(3)18-15(16-4)17-11-7-6-8-12-19-5;/h13-14H,6-12H2,1-5H3,(H2,16,17,18);1H. The van der Waals surface area contributed by atoms with Crippen molar-refractivity contribution in [2.24, 2.45) is 10.9 Å². The van der Waals surface area contributed by atoms with Crippen molar-refractivity contribution in [1.82, 2.24) is 10.6 Å². The molecular weight excluding hydrogens is 365 g/mol. The fourth-order valence-electron chi connectivity index (χ4n) is 1.84. The van der Waals surface area contributed by atoms with E-state index in [9.17, 15) is 0 Å². The molecule has 0 aliphatic rings. The first kappa shape index (κ1) is 22.2. The molecule has 2 N–H and O–H groups in total. The molecule has 0 saturated heterocycles. The van der Waals surface area contributed by atoms with Crippen LogP contribution in [0.3, 0.4) is 0 Å². The summed E-state index contributed by atoms with van der Waals surface area (Å²) in [6.45, 7) is 8.58. The first-order valence-corrected chi connectivity index (χ1v) is 7.56. The molecule has 5 heteroatoms. The topological polar surface area (TPSA) is 45.7 Å². The van der Waals surface area contributed by atoms with E-state index in [0.29, 0.717) is 6.04 Å². The summed E-state index contributed by atoms with van der Waals surface area (Å²) in [6.07, 6.45) is 5.93. The van der Waals surface area contributed by atoms with Crippen molar-refractivity contribution in [3.8, 4) is 0 Å². The monoisotopic (exact) mass is 399 g/mol. The Kier molecular flexibility index (Phi) is 17.1. The molecule has 1 atom stereocenters. The minimum Gasteiger partial charge on any atom is -0.385 e. The van der Waals surface area contributed by atoms with Crippen LogP contribution in [-0.2, 0) is 4.74 Å². The first-order chi connectivity index (χ1) is 9.10. The fraction of sp³-hybridized carbons (Fsp3) is 0.933. The number of ether oxygens (including phenoxy) is 1. The van der Waals surface area contributed by atoms with Gasteiger partial charge in [0.15, 0.2) is 5.96 Å². The highest BCUT2D eigenvalue weighted by Gasteiger charge is 2.05. The van der Waals surface area contributed by atoms with Gasteiger partial charge in [0.25, 0.3) is 0 Å². The van der Waals surface area contributed by atoms with Crippen LogP contribution >= 0.6 is 24.0 Å². The summed E-state index contributed by atoms with van der Waals surface area (Å²) in [6, 6.07) is 0.474. The van der Waals surface area contributed by atoms with Gasteiger partial charge in [0.1, 0.15) is 0 Å². The van der Waals surface area contributed by atoms with Gasteiger partial charge in [-0.2, -0.15) is 0 Å². The second-order valence-corrected chi connectivity index (χ2v) is 5.57. The molecule has 0 heterocycles. The summed E-state index contributed by atoms with van der Waals surface area (Å²) < 4.78 is 5.03. The lowest BCUT2D eigenvalue weighted by molar-refractivity contribution is 0.192. The van der Waals surface area contributed by atoms with Gasteiger partial charge < -0.3 is 15.4 Å². The Morgan fingerprint density at radius 3 is 2.35 bits per heavy atom. The van der Waals surface area contributed by atoms with Crippen LogP contribution in [0.15, 0.2) is 4.99 Å². The van der Waals surface area contributed by atoms with E-state index >= 15 is 0 Å². The number of guanidine groups is 1. The van der Waals surface area contributed by atoms with E-state index in [4.69, 9.17) is 4.74 Å². The Morgan fingerprint density at radius 2 is 1.80 bits per heavy atom. The van der Waals surface area contributed by atoms with Crippen molar-refractivity contribution in [2.45, 2.75) is 58.9 Å². The fourth-order valence-corrected chi connectivity index (χ4v) is 1.84. The number of nitrogens with zero attached hydrogens (tertiary/aromatic N) is 1. The van der Waals surface area contributed by atoms with Crippen molar-refractivity contribution < 1.29 is 4.74 Å². The molecule has 0 rings (SSSR count). The zero-order chi connectivity index (χ0) is 14.5. The number of hydrogen-bond acceptors (Lipinski definition) is 2. The maximum atomic E-state index is 5.03. The maximum Gasteiger partial charge on any atom is 0.191 e. The molecule has 122 valence electrons. The van der Waals surface area contributed by atoms with Gasteiger partial charge in [-0.05, 0) is 44.9 Å². The minimum absolute atomic E-state index is 0. The Morgan fingerprint density at radius 1 is 1.10 bits per heavy atom. The number of aliphatic imine (C=N–C) groups is 1. The number of unbranched alkanes of at least 4 members (excludes halogenated alkanes) is 2. The maximum absolute atomic E-state index is 5.03. The number of halogens is 1. The Balaban J connectivity index is 0. The highest BCUT2D eigenvalue weighted by atomic mass is 127. The molecule has 0 aromatic rings. The SMILES string of the molecule is CN=C(NCCCCCOC)NC(C)CCC(C)C.I. The molecule has 0 aromatic heterocycles. The van der Waals surface area contributed by atoms with Crippen molar-refractivity contribution in [3.63, 3.8) is 0 Å². The molecule has 0 aliphatic heterocycles. The lowest BCUT2D eigenvalue weighted by Gasteiger charge is -2.18. The molecule has 0 radical (unpaired) electrons. The predicted molar refractivity (Wildman–Crippen MR) is 99.2 cm³/mol. The summed E-state index contributed by atoms with van der Waals surface area (Å²) in [4.78, 5) is 4.26. The Bertz CT molecular complexity index is 235. The summed E-state index contributed by atoms with van der Waals surface area (Å²) in [5, 5.41) is 6.80. The molecular formula is C15H34IN3O. The molecule has 0 amide bonds. The van der Waals surface area contributed by atoms with E-state index in [1.165, 1.54) is 19.3 Å². The van der Waals surface area contributed by atoms with Gasteiger partial charge in [0, 0.05) is 33.4 Å². The van der Waals surface area contributed by atoms with Gasteiger partial charge in [0.2, 0.25) is 0 Å². The largest absolute Gasteiger partial charge is 0.385 e. The van der Waals surface area contributed by atoms with E-state index in [2.05, 4.69) is 36.4 Å². The molecule has 4 nitrogen and oxygen atoms in total. The summed E-state index contributed by atoms with van der Waals surface area (Å²) >= 11 is 0. The van der Waals surface area contributed by atoms with Crippen molar-refractivity contribution in [1.29, 1.82) is 0 Å². The van der Waals surface area contributed by atoms with Crippen molar-refractivity contribution in [3.05, 3.63) is 0 Å². The highest BCUT2D eigenvalue weighted by Crippen LogP contribution is 2.06. The second kappa shape index (κ2) is 15.4.